The first kappa shape index (κ1) is 10.2. The molecule has 1 saturated heterocycles. The molecule has 4 nitrogen and oxygen atoms in total. The number of rotatable bonds is 3. The number of carbonyl (C=O) groups excluding carboxylic acids is 1. The van der Waals surface area contributed by atoms with Gasteiger partial charge in [0, 0.05) is 18.8 Å². The van der Waals surface area contributed by atoms with Gasteiger partial charge in [-0.3, -0.25) is 4.79 Å². The predicted octanol–water partition coefficient (Wildman–Crippen LogP) is 0.839. The van der Waals surface area contributed by atoms with E-state index in [0.29, 0.717) is 11.7 Å². The highest BCUT2D eigenvalue weighted by Crippen LogP contribution is 2.13. The average molecular weight is 207 g/mol. The van der Waals surface area contributed by atoms with E-state index in [2.05, 4.69) is 22.2 Å². The Balaban J connectivity index is 1.81. The molecular formula is C11H17N3O. The van der Waals surface area contributed by atoms with Crippen LogP contribution in [-0.2, 0) is 0 Å². The summed E-state index contributed by atoms with van der Waals surface area (Å²) in [6.07, 6.45) is 4.18. The van der Waals surface area contributed by atoms with E-state index in [9.17, 15) is 4.79 Å². The van der Waals surface area contributed by atoms with E-state index < -0.39 is 0 Å². The summed E-state index contributed by atoms with van der Waals surface area (Å²) in [6, 6.07) is 4.12. The zero-order valence-electron chi connectivity index (χ0n) is 8.99. The molecule has 1 aromatic rings. The predicted molar refractivity (Wildman–Crippen MR) is 58.8 cm³/mol. The summed E-state index contributed by atoms with van der Waals surface area (Å²) in [4.78, 5) is 16.8. The molecule has 0 bridgehead atoms. The van der Waals surface area contributed by atoms with Crippen LogP contribution < -0.4 is 5.32 Å². The van der Waals surface area contributed by atoms with Gasteiger partial charge in [0.2, 0.25) is 0 Å². The van der Waals surface area contributed by atoms with Crippen LogP contribution in [-0.4, -0.2) is 42.0 Å². The van der Waals surface area contributed by atoms with Crippen LogP contribution >= 0.6 is 0 Å². The summed E-state index contributed by atoms with van der Waals surface area (Å²) >= 11 is 0. The van der Waals surface area contributed by atoms with Gasteiger partial charge in [0.25, 0.3) is 5.91 Å². The van der Waals surface area contributed by atoms with Gasteiger partial charge in [0.1, 0.15) is 5.69 Å². The Hall–Kier alpha value is -1.29. The highest BCUT2D eigenvalue weighted by atomic mass is 16.1. The van der Waals surface area contributed by atoms with E-state index >= 15 is 0 Å². The minimum atomic E-state index is -0.0136. The zero-order chi connectivity index (χ0) is 10.7. The summed E-state index contributed by atoms with van der Waals surface area (Å²) in [5.74, 6) is -0.0136. The van der Waals surface area contributed by atoms with Gasteiger partial charge in [0.15, 0.2) is 0 Å². The Kier molecular flexibility index (Phi) is 3.06. The Morgan fingerprint density at radius 3 is 3.20 bits per heavy atom. The highest BCUT2D eigenvalue weighted by Gasteiger charge is 2.21. The number of aromatic amines is 1. The molecule has 1 aliphatic rings. The average Bonchev–Trinajstić information content (AvgIpc) is 2.85. The van der Waals surface area contributed by atoms with Crippen LogP contribution in [0.15, 0.2) is 18.3 Å². The molecule has 2 rings (SSSR count). The molecule has 0 aliphatic carbocycles. The van der Waals surface area contributed by atoms with Gasteiger partial charge >= 0.3 is 0 Å². The molecule has 1 atom stereocenters. The molecule has 1 aliphatic heterocycles. The van der Waals surface area contributed by atoms with Gasteiger partial charge < -0.3 is 15.2 Å². The monoisotopic (exact) mass is 207 g/mol. The number of likely N-dealkylation sites (N-methyl/N-ethyl adjacent to an activating group) is 1. The number of likely N-dealkylation sites (tertiary alicyclic amines) is 1. The topological polar surface area (TPSA) is 48.1 Å². The van der Waals surface area contributed by atoms with Crippen LogP contribution in [0, 0.1) is 0 Å². The van der Waals surface area contributed by atoms with Gasteiger partial charge in [-0.25, -0.2) is 0 Å². The Morgan fingerprint density at radius 1 is 1.73 bits per heavy atom. The maximum Gasteiger partial charge on any atom is 0.267 e. The second kappa shape index (κ2) is 4.49. The second-order valence-corrected chi connectivity index (χ2v) is 4.07. The number of nitrogens with zero attached hydrogens (tertiary/aromatic N) is 1. The summed E-state index contributed by atoms with van der Waals surface area (Å²) in [5, 5.41) is 2.95. The maximum atomic E-state index is 11.6. The first-order chi connectivity index (χ1) is 7.27. The van der Waals surface area contributed by atoms with Crippen molar-refractivity contribution in [1.29, 1.82) is 0 Å². The number of aromatic nitrogens is 1. The van der Waals surface area contributed by atoms with Crippen LogP contribution in [0.2, 0.25) is 0 Å². The summed E-state index contributed by atoms with van der Waals surface area (Å²) < 4.78 is 0. The van der Waals surface area contributed by atoms with Crippen molar-refractivity contribution in [2.45, 2.75) is 18.9 Å². The van der Waals surface area contributed by atoms with Crippen molar-refractivity contribution in [3.63, 3.8) is 0 Å². The van der Waals surface area contributed by atoms with E-state index in [1.165, 1.54) is 12.8 Å². The summed E-state index contributed by atoms with van der Waals surface area (Å²) in [6.45, 7) is 1.89. The lowest BCUT2D eigenvalue weighted by Gasteiger charge is -2.19. The summed E-state index contributed by atoms with van der Waals surface area (Å²) in [5.41, 5.74) is 0.635. The number of hydrogen-bond donors (Lipinski definition) is 2. The maximum absolute atomic E-state index is 11.6. The smallest absolute Gasteiger partial charge is 0.267 e. The SMILES string of the molecule is CN1CCCC1CNC(=O)c1ccc[nH]1. The molecule has 1 amide bonds. The lowest BCUT2D eigenvalue weighted by atomic mass is 10.2. The van der Waals surface area contributed by atoms with Crippen LogP contribution in [0.4, 0.5) is 0 Å². The lowest BCUT2D eigenvalue weighted by molar-refractivity contribution is 0.0939. The van der Waals surface area contributed by atoms with E-state index in [4.69, 9.17) is 0 Å². The van der Waals surface area contributed by atoms with Crippen molar-refractivity contribution in [2.24, 2.45) is 0 Å². The van der Waals surface area contributed by atoms with E-state index in [0.717, 1.165) is 13.1 Å². The third kappa shape index (κ3) is 2.39. The van der Waals surface area contributed by atoms with Gasteiger partial charge in [-0.05, 0) is 38.6 Å². The standard InChI is InChI=1S/C11H17N3O/c1-14-7-3-4-9(14)8-13-11(15)10-5-2-6-12-10/h2,5-6,9,12H,3-4,7-8H2,1H3,(H,13,15). The number of amides is 1. The normalized spacial score (nSPS) is 21.8. The van der Waals surface area contributed by atoms with Crippen LogP contribution in [0.3, 0.4) is 0 Å². The zero-order valence-corrected chi connectivity index (χ0v) is 8.99. The molecule has 0 saturated carbocycles. The molecule has 1 fully saturated rings. The molecule has 2 N–H and O–H groups in total. The Labute approximate surface area is 89.7 Å². The molecule has 15 heavy (non-hydrogen) atoms. The molecule has 1 aromatic heterocycles. The molecule has 4 heteroatoms. The first-order valence-electron chi connectivity index (χ1n) is 5.39. The Bertz CT molecular complexity index is 321. The third-order valence-corrected chi connectivity index (χ3v) is 3.01. The molecule has 2 heterocycles. The van der Waals surface area contributed by atoms with Crippen molar-refractivity contribution >= 4 is 5.91 Å². The fraction of sp³-hybridized carbons (Fsp3) is 0.545. The summed E-state index contributed by atoms with van der Waals surface area (Å²) in [7, 11) is 2.11. The third-order valence-electron chi connectivity index (χ3n) is 3.01. The molecular weight excluding hydrogens is 190 g/mol. The van der Waals surface area contributed by atoms with Crippen molar-refractivity contribution < 1.29 is 4.79 Å². The van der Waals surface area contributed by atoms with E-state index in [1.54, 1.807) is 12.3 Å². The van der Waals surface area contributed by atoms with Gasteiger partial charge in [0.05, 0.1) is 0 Å². The minimum absolute atomic E-state index is 0.0136. The number of H-pyrrole nitrogens is 1. The number of nitrogens with one attached hydrogen (secondary N) is 2. The quantitative estimate of drug-likeness (QED) is 0.771. The van der Waals surface area contributed by atoms with Crippen molar-refractivity contribution in [2.75, 3.05) is 20.1 Å². The van der Waals surface area contributed by atoms with Crippen molar-refractivity contribution in [3.05, 3.63) is 24.0 Å². The molecule has 82 valence electrons. The second-order valence-electron chi connectivity index (χ2n) is 4.07. The highest BCUT2D eigenvalue weighted by molar-refractivity contribution is 5.92. The fourth-order valence-electron chi connectivity index (χ4n) is 2.01. The van der Waals surface area contributed by atoms with Gasteiger partial charge in [-0.15, -0.1) is 0 Å². The molecule has 0 aromatic carbocycles. The van der Waals surface area contributed by atoms with Crippen LogP contribution in [0.5, 0.6) is 0 Å². The van der Waals surface area contributed by atoms with Crippen LogP contribution in [0.1, 0.15) is 23.3 Å². The molecule has 1 unspecified atom stereocenters. The first-order valence-corrected chi connectivity index (χ1v) is 5.39. The Morgan fingerprint density at radius 2 is 2.60 bits per heavy atom. The van der Waals surface area contributed by atoms with Crippen molar-refractivity contribution in [3.8, 4) is 0 Å². The van der Waals surface area contributed by atoms with E-state index in [1.807, 2.05) is 6.07 Å². The number of hydrogen-bond acceptors (Lipinski definition) is 2. The number of carbonyl (C=O) groups is 1. The lowest BCUT2D eigenvalue weighted by Crippen LogP contribution is -2.38. The van der Waals surface area contributed by atoms with Gasteiger partial charge in [-0.2, -0.15) is 0 Å². The largest absolute Gasteiger partial charge is 0.357 e. The fourth-order valence-corrected chi connectivity index (χ4v) is 2.01. The van der Waals surface area contributed by atoms with Gasteiger partial charge in [-0.1, -0.05) is 0 Å². The minimum Gasteiger partial charge on any atom is -0.357 e. The van der Waals surface area contributed by atoms with E-state index in [-0.39, 0.29) is 5.91 Å². The molecule has 0 spiro atoms. The van der Waals surface area contributed by atoms with Crippen molar-refractivity contribution in [1.82, 2.24) is 15.2 Å². The molecule has 0 radical (unpaired) electrons. The van der Waals surface area contributed by atoms with Crippen LogP contribution in [0.25, 0.3) is 0 Å².